The average molecular weight is 268 g/mol. The Balaban J connectivity index is 2.01. The molecule has 0 aromatic carbocycles. The first-order valence-corrected chi connectivity index (χ1v) is 6.27. The van der Waals surface area contributed by atoms with Crippen LogP contribution < -0.4 is 5.73 Å². The van der Waals surface area contributed by atoms with Crippen molar-refractivity contribution in [2.75, 3.05) is 6.54 Å². The van der Waals surface area contributed by atoms with Crippen LogP contribution in [0.4, 0.5) is 0 Å². The lowest BCUT2D eigenvalue weighted by Gasteiger charge is -2.14. The Morgan fingerprint density at radius 3 is 2.73 bits per heavy atom. The third kappa shape index (κ3) is 1.60. The van der Waals surface area contributed by atoms with Crippen LogP contribution in [-0.4, -0.2) is 16.5 Å². The molecule has 0 aliphatic heterocycles. The first-order valence-electron chi connectivity index (χ1n) is 5.48. The molecule has 80 valence electrons. The normalized spacial score (nSPS) is 22.8. The van der Waals surface area contributed by atoms with Crippen LogP contribution in [0.2, 0.25) is 0 Å². The highest BCUT2D eigenvalue weighted by Crippen LogP contribution is 2.49. The Bertz CT molecular complexity index is 397. The zero-order valence-electron chi connectivity index (χ0n) is 8.54. The van der Waals surface area contributed by atoms with Gasteiger partial charge in [0.2, 0.25) is 0 Å². The summed E-state index contributed by atoms with van der Waals surface area (Å²) in [6.07, 6.45) is 6.73. The number of hydrogen-bond donors (Lipinski definition) is 1. The van der Waals surface area contributed by atoms with Crippen molar-refractivity contribution in [1.82, 2.24) is 9.97 Å². The lowest BCUT2D eigenvalue weighted by Crippen LogP contribution is -2.22. The maximum Gasteiger partial charge on any atom is 0.131 e. The number of nitrogens with two attached hydrogens (primary N) is 1. The van der Waals surface area contributed by atoms with Crippen molar-refractivity contribution in [3.05, 3.63) is 22.2 Å². The van der Waals surface area contributed by atoms with Gasteiger partial charge in [-0.15, -0.1) is 0 Å². The maximum absolute atomic E-state index is 5.83. The van der Waals surface area contributed by atoms with Gasteiger partial charge in [-0.25, -0.2) is 9.97 Å². The minimum absolute atomic E-state index is 0.158. The highest BCUT2D eigenvalue weighted by molar-refractivity contribution is 9.10. The minimum atomic E-state index is 0.158. The number of nitrogens with zero attached hydrogens (tertiary/aromatic N) is 2. The molecular weight excluding hydrogens is 254 g/mol. The smallest absolute Gasteiger partial charge is 0.131 e. The zero-order valence-corrected chi connectivity index (χ0v) is 10.1. The summed E-state index contributed by atoms with van der Waals surface area (Å²) >= 11 is 3.54. The maximum atomic E-state index is 5.83. The Morgan fingerprint density at radius 1 is 1.47 bits per heavy atom. The van der Waals surface area contributed by atoms with E-state index in [1.165, 1.54) is 25.7 Å². The second-order valence-corrected chi connectivity index (χ2v) is 5.54. The predicted octanol–water partition coefficient (Wildman–Crippen LogP) is 2.11. The monoisotopic (exact) mass is 267 g/mol. The molecule has 2 saturated carbocycles. The van der Waals surface area contributed by atoms with E-state index >= 15 is 0 Å². The molecule has 4 heteroatoms. The van der Waals surface area contributed by atoms with E-state index < -0.39 is 0 Å². The van der Waals surface area contributed by atoms with E-state index in [1.807, 2.05) is 6.20 Å². The van der Waals surface area contributed by atoms with E-state index in [0.29, 0.717) is 12.5 Å². The van der Waals surface area contributed by atoms with Crippen molar-refractivity contribution < 1.29 is 0 Å². The molecule has 3 nitrogen and oxygen atoms in total. The Hall–Kier alpha value is -0.480. The number of aromatic nitrogens is 2. The molecule has 15 heavy (non-hydrogen) atoms. The third-order valence-electron chi connectivity index (χ3n) is 3.45. The van der Waals surface area contributed by atoms with E-state index in [0.717, 1.165) is 16.0 Å². The Labute approximate surface area is 97.6 Å². The van der Waals surface area contributed by atoms with Gasteiger partial charge in [-0.3, -0.25) is 0 Å². The van der Waals surface area contributed by atoms with Crippen LogP contribution in [0, 0.1) is 0 Å². The highest BCUT2D eigenvalue weighted by atomic mass is 79.9. The summed E-state index contributed by atoms with van der Waals surface area (Å²) in [6.45, 7) is 0.701. The molecule has 0 unspecified atom stereocenters. The fourth-order valence-electron chi connectivity index (χ4n) is 1.98. The summed E-state index contributed by atoms with van der Waals surface area (Å²) in [7, 11) is 0. The van der Waals surface area contributed by atoms with Crippen molar-refractivity contribution in [1.29, 1.82) is 0 Å². The van der Waals surface area contributed by atoms with Gasteiger partial charge in [0.05, 0.1) is 10.2 Å². The largest absolute Gasteiger partial charge is 0.330 e. The van der Waals surface area contributed by atoms with Crippen LogP contribution in [0.25, 0.3) is 0 Å². The lowest BCUT2D eigenvalue weighted by atomic mass is 10.0. The van der Waals surface area contributed by atoms with Crippen LogP contribution in [0.5, 0.6) is 0 Å². The van der Waals surface area contributed by atoms with Crippen LogP contribution >= 0.6 is 15.9 Å². The molecule has 1 aromatic rings. The second kappa shape index (κ2) is 3.25. The number of rotatable bonds is 3. The van der Waals surface area contributed by atoms with E-state index in [9.17, 15) is 0 Å². The zero-order chi connectivity index (χ0) is 10.5. The first kappa shape index (κ1) is 9.73. The summed E-state index contributed by atoms with van der Waals surface area (Å²) < 4.78 is 1.02. The topological polar surface area (TPSA) is 51.8 Å². The minimum Gasteiger partial charge on any atom is -0.330 e. The van der Waals surface area contributed by atoms with E-state index in [4.69, 9.17) is 10.7 Å². The molecule has 0 atom stereocenters. The third-order valence-corrected chi connectivity index (χ3v) is 4.03. The fraction of sp³-hybridized carbons (Fsp3) is 0.636. The van der Waals surface area contributed by atoms with Gasteiger partial charge in [-0.2, -0.15) is 0 Å². The molecule has 0 radical (unpaired) electrons. The van der Waals surface area contributed by atoms with Crippen molar-refractivity contribution in [2.45, 2.75) is 37.0 Å². The summed E-state index contributed by atoms with van der Waals surface area (Å²) in [4.78, 5) is 9.08. The van der Waals surface area contributed by atoms with Gasteiger partial charge in [-0.05, 0) is 41.6 Å². The van der Waals surface area contributed by atoms with E-state index in [-0.39, 0.29) is 5.41 Å². The summed E-state index contributed by atoms with van der Waals surface area (Å²) in [5.74, 6) is 1.64. The quantitative estimate of drug-likeness (QED) is 0.913. The van der Waals surface area contributed by atoms with Crippen molar-refractivity contribution in [3.8, 4) is 0 Å². The Kier molecular flexibility index (Phi) is 2.11. The molecule has 2 N–H and O–H groups in total. The van der Waals surface area contributed by atoms with Crippen molar-refractivity contribution >= 4 is 15.9 Å². The van der Waals surface area contributed by atoms with Crippen LogP contribution in [0.15, 0.2) is 10.7 Å². The first-order chi connectivity index (χ1) is 7.25. The van der Waals surface area contributed by atoms with Gasteiger partial charge < -0.3 is 5.73 Å². The van der Waals surface area contributed by atoms with Gasteiger partial charge in [0.1, 0.15) is 5.82 Å². The molecule has 0 bridgehead atoms. The molecule has 0 amide bonds. The Morgan fingerprint density at radius 2 is 2.20 bits per heavy atom. The summed E-state index contributed by atoms with van der Waals surface area (Å²) in [5.41, 5.74) is 7.13. The molecule has 2 aliphatic carbocycles. The average Bonchev–Trinajstić information content (AvgIpc) is 3.13. The molecular formula is C11H14BrN3. The van der Waals surface area contributed by atoms with Crippen molar-refractivity contribution in [3.63, 3.8) is 0 Å². The predicted molar refractivity (Wildman–Crippen MR) is 61.7 cm³/mol. The SMILES string of the molecule is NCC1(c2nc(C3CC3)ncc2Br)CC1. The molecule has 1 heterocycles. The van der Waals surface area contributed by atoms with Crippen LogP contribution in [0.3, 0.4) is 0 Å². The van der Waals surface area contributed by atoms with Crippen molar-refractivity contribution in [2.24, 2.45) is 5.73 Å². The van der Waals surface area contributed by atoms with Gasteiger partial charge in [0.25, 0.3) is 0 Å². The molecule has 1 aromatic heterocycles. The van der Waals surface area contributed by atoms with E-state index in [2.05, 4.69) is 20.9 Å². The van der Waals surface area contributed by atoms with Crippen LogP contribution in [-0.2, 0) is 5.41 Å². The van der Waals surface area contributed by atoms with Gasteiger partial charge in [-0.1, -0.05) is 0 Å². The van der Waals surface area contributed by atoms with Gasteiger partial charge in [0, 0.05) is 24.1 Å². The number of hydrogen-bond acceptors (Lipinski definition) is 3. The van der Waals surface area contributed by atoms with Gasteiger partial charge in [0.15, 0.2) is 0 Å². The summed E-state index contributed by atoms with van der Waals surface area (Å²) in [6, 6.07) is 0. The molecule has 2 aliphatic rings. The highest BCUT2D eigenvalue weighted by Gasteiger charge is 2.46. The molecule has 0 saturated heterocycles. The van der Waals surface area contributed by atoms with Gasteiger partial charge >= 0.3 is 0 Å². The molecule has 2 fully saturated rings. The molecule has 0 spiro atoms. The second-order valence-electron chi connectivity index (χ2n) is 4.68. The lowest BCUT2D eigenvalue weighted by molar-refractivity contribution is 0.660. The summed E-state index contributed by atoms with van der Waals surface area (Å²) in [5, 5.41) is 0. The molecule has 3 rings (SSSR count). The van der Waals surface area contributed by atoms with Crippen LogP contribution in [0.1, 0.15) is 43.1 Å². The fourth-order valence-corrected chi connectivity index (χ4v) is 2.59. The number of halogens is 1. The van der Waals surface area contributed by atoms with E-state index in [1.54, 1.807) is 0 Å². The standard InChI is InChI=1S/C11H14BrN3/c12-8-5-14-10(7-1-2-7)15-9(8)11(6-13)3-4-11/h5,7H,1-4,6,13H2.